The molecule has 0 aliphatic rings. The minimum atomic E-state index is -0.233. The molecule has 1 aromatic rings. The Morgan fingerprint density at radius 1 is 1.20 bits per heavy atom. The van der Waals surface area contributed by atoms with Crippen LogP contribution in [-0.2, 0) is 19.0 Å². The van der Waals surface area contributed by atoms with Gasteiger partial charge in [-0.15, -0.1) is 0 Å². The van der Waals surface area contributed by atoms with Crippen LogP contribution in [0.25, 0.3) is 0 Å². The van der Waals surface area contributed by atoms with E-state index >= 15 is 0 Å². The minimum Gasteiger partial charge on any atom is -0.397 e. The number of methoxy groups -OCH3 is 1. The number of carbonyl (C=O) groups is 1. The van der Waals surface area contributed by atoms with Crippen molar-refractivity contribution in [1.29, 1.82) is 0 Å². The molecule has 1 amide bonds. The summed E-state index contributed by atoms with van der Waals surface area (Å²) in [6, 6.07) is 5.47. The number of aryl methyl sites for hydroxylation is 1. The molecule has 0 saturated heterocycles. The van der Waals surface area contributed by atoms with Crippen LogP contribution in [0.3, 0.4) is 0 Å². The topological polar surface area (TPSA) is 82.8 Å². The summed E-state index contributed by atoms with van der Waals surface area (Å²) in [5.41, 5.74) is 7.90. The Kier molecular flexibility index (Phi) is 7.64. The third-order valence-corrected chi connectivity index (χ3v) is 2.61. The number of carbonyl (C=O) groups excluding carboxylic acids is 1. The van der Waals surface area contributed by atoms with Gasteiger partial charge in [0.1, 0.15) is 6.61 Å². The molecule has 6 nitrogen and oxygen atoms in total. The number of anilines is 2. The molecule has 0 aromatic heterocycles. The Morgan fingerprint density at radius 3 is 2.60 bits per heavy atom. The highest BCUT2D eigenvalue weighted by Gasteiger charge is 2.07. The van der Waals surface area contributed by atoms with Crippen molar-refractivity contribution < 1.29 is 19.0 Å². The van der Waals surface area contributed by atoms with Crippen molar-refractivity contribution in [3.05, 3.63) is 23.8 Å². The number of benzene rings is 1. The van der Waals surface area contributed by atoms with E-state index in [1.807, 2.05) is 19.1 Å². The smallest absolute Gasteiger partial charge is 0.250 e. The quantitative estimate of drug-likeness (QED) is 0.525. The van der Waals surface area contributed by atoms with E-state index in [0.717, 1.165) is 5.56 Å². The number of amides is 1. The fourth-order valence-electron chi connectivity index (χ4n) is 1.56. The van der Waals surface area contributed by atoms with E-state index in [1.54, 1.807) is 13.2 Å². The summed E-state index contributed by atoms with van der Waals surface area (Å²) in [6.45, 7) is 3.72. The SMILES string of the molecule is COCCOCCOCC(=O)Nc1c(C)cccc1N. The number of nitrogens with one attached hydrogen (secondary N) is 1. The zero-order valence-corrected chi connectivity index (χ0v) is 12.0. The van der Waals surface area contributed by atoms with Crippen molar-refractivity contribution in [2.24, 2.45) is 0 Å². The van der Waals surface area contributed by atoms with Crippen LogP contribution in [0.1, 0.15) is 5.56 Å². The zero-order valence-electron chi connectivity index (χ0n) is 12.0. The predicted molar refractivity (Wildman–Crippen MR) is 77.7 cm³/mol. The Hall–Kier alpha value is -1.63. The Morgan fingerprint density at radius 2 is 1.90 bits per heavy atom. The van der Waals surface area contributed by atoms with Crippen LogP contribution in [-0.4, -0.2) is 46.1 Å². The van der Waals surface area contributed by atoms with Gasteiger partial charge in [0.2, 0.25) is 5.91 Å². The summed E-state index contributed by atoms with van der Waals surface area (Å²) >= 11 is 0. The van der Waals surface area contributed by atoms with E-state index < -0.39 is 0 Å². The summed E-state index contributed by atoms with van der Waals surface area (Å²) in [5, 5.41) is 2.74. The number of hydrogen-bond acceptors (Lipinski definition) is 5. The molecule has 0 fully saturated rings. The maximum atomic E-state index is 11.7. The number of hydrogen-bond donors (Lipinski definition) is 2. The van der Waals surface area contributed by atoms with Crippen molar-refractivity contribution in [3.63, 3.8) is 0 Å². The molecule has 3 N–H and O–H groups in total. The number of ether oxygens (including phenoxy) is 3. The minimum absolute atomic E-state index is 0.0264. The van der Waals surface area contributed by atoms with Gasteiger partial charge in [-0.25, -0.2) is 0 Å². The molecule has 0 atom stereocenters. The molecule has 0 spiro atoms. The molecule has 112 valence electrons. The monoisotopic (exact) mass is 282 g/mol. The van der Waals surface area contributed by atoms with Gasteiger partial charge in [0.25, 0.3) is 0 Å². The first-order valence-corrected chi connectivity index (χ1v) is 6.44. The molecule has 0 bridgehead atoms. The largest absolute Gasteiger partial charge is 0.397 e. The summed E-state index contributed by atoms with van der Waals surface area (Å²) in [7, 11) is 1.61. The van der Waals surface area contributed by atoms with Gasteiger partial charge in [-0.05, 0) is 18.6 Å². The fraction of sp³-hybridized carbons (Fsp3) is 0.500. The molecule has 1 aromatic carbocycles. The lowest BCUT2D eigenvalue weighted by Crippen LogP contribution is -2.21. The molecule has 20 heavy (non-hydrogen) atoms. The van der Waals surface area contributed by atoms with Gasteiger partial charge in [0.05, 0.1) is 37.8 Å². The van der Waals surface area contributed by atoms with E-state index in [1.165, 1.54) is 0 Å². The predicted octanol–water partition coefficient (Wildman–Crippen LogP) is 1.20. The van der Waals surface area contributed by atoms with E-state index in [9.17, 15) is 4.79 Å². The van der Waals surface area contributed by atoms with Gasteiger partial charge < -0.3 is 25.3 Å². The van der Waals surface area contributed by atoms with Crippen molar-refractivity contribution in [3.8, 4) is 0 Å². The average molecular weight is 282 g/mol. The molecule has 0 aliphatic heterocycles. The highest BCUT2D eigenvalue weighted by Crippen LogP contribution is 2.22. The lowest BCUT2D eigenvalue weighted by Gasteiger charge is -2.11. The lowest BCUT2D eigenvalue weighted by atomic mass is 10.1. The first-order valence-electron chi connectivity index (χ1n) is 6.44. The normalized spacial score (nSPS) is 10.5. The molecular formula is C14H22N2O4. The van der Waals surface area contributed by atoms with Crippen LogP contribution in [0, 0.1) is 6.92 Å². The van der Waals surface area contributed by atoms with Crippen molar-refractivity contribution in [2.45, 2.75) is 6.92 Å². The van der Waals surface area contributed by atoms with E-state index in [0.29, 0.717) is 37.8 Å². The van der Waals surface area contributed by atoms with Crippen LogP contribution in [0.15, 0.2) is 18.2 Å². The maximum Gasteiger partial charge on any atom is 0.250 e. The Labute approximate surface area is 119 Å². The van der Waals surface area contributed by atoms with Gasteiger partial charge in [-0.2, -0.15) is 0 Å². The number of rotatable bonds is 9. The summed E-state index contributed by atoms with van der Waals surface area (Å²) < 4.78 is 15.3. The van der Waals surface area contributed by atoms with Crippen LogP contribution >= 0.6 is 0 Å². The Balaban J connectivity index is 2.21. The molecule has 6 heteroatoms. The zero-order chi connectivity index (χ0) is 14.8. The first kappa shape index (κ1) is 16.4. The second-order valence-corrected chi connectivity index (χ2v) is 4.25. The molecule has 0 aliphatic carbocycles. The van der Waals surface area contributed by atoms with Gasteiger partial charge in [-0.1, -0.05) is 12.1 Å². The van der Waals surface area contributed by atoms with E-state index in [2.05, 4.69) is 5.32 Å². The van der Waals surface area contributed by atoms with E-state index in [4.69, 9.17) is 19.9 Å². The van der Waals surface area contributed by atoms with Crippen LogP contribution < -0.4 is 11.1 Å². The molecule has 0 saturated carbocycles. The Bertz CT molecular complexity index is 403. The van der Waals surface area contributed by atoms with Gasteiger partial charge >= 0.3 is 0 Å². The van der Waals surface area contributed by atoms with Gasteiger partial charge in [0, 0.05) is 7.11 Å². The average Bonchev–Trinajstić information content (AvgIpc) is 2.42. The van der Waals surface area contributed by atoms with Crippen LogP contribution in [0.4, 0.5) is 11.4 Å². The molecular weight excluding hydrogens is 260 g/mol. The maximum absolute atomic E-state index is 11.7. The highest BCUT2D eigenvalue weighted by atomic mass is 16.5. The van der Waals surface area contributed by atoms with Crippen LogP contribution in [0.5, 0.6) is 0 Å². The highest BCUT2D eigenvalue weighted by molar-refractivity contribution is 5.95. The summed E-state index contributed by atoms with van der Waals surface area (Å²) in [4.78, 5) is 11.7. The third kappa shape index (κ3) is 6.01. The van der Waals surface area contributed by atoms with E-state index in [-0.39, 0.29) is 12.5 Å². The molecule has 1 rings (SSSR count). The second-order valence-electron chi connectivity index (χ2n) is 4.25. The lowest BCUT2D eigenvalue weighted by molar-refractivity contribution is -0.121. The van der Waals surface area contributed by atoms with Crippen molar-refractivity contribution in [2.75, 3.05) is 51.2 Å². The summed E-state index contributed by atoms with van der Waals surface area (Å²) in [6.07, 6.45) is 0. The first-order chi connectivity index (χ1) is 9.65. The molecule has 0 radical (unpaired) electrons. The van der Waals surface area contributed by atoms with Crippen molar-refractivity contribution >= 4 is 17.3 Å². The number of para-hydroxylation sites is 1. The van der Waals surface area contributed by atoms with Crippen LogP contribution in [0.2, 0.25) is 0 Å². The standard InChI is InChI=1S/C14H22N2O4/c1-11-4-3-5-12(15)14(11)16-13(17)10-20-9-8-19-7-6-18-2/h3-5H,6-10,15H2,1-2H3,(H,16,17). The fourth-order valence-corrected chi connectivity index (χ4v) is 1.56. The second kappa shape index (κ2) is 9.30. The summed E-state index contributed by atoms with van der Waals surface area (Å²) in [5.74, 6) is -0.233. The third-order valence-electron chi connectivity index (χ3n) is 2.61. The van der Waals surface area contributed by atoms with Crippen molar-refractivity contribution in [1.82, 2.24) is 0 Å². The number of nitrogens with two attached hydrogens (primary N) is 1. The van der Waals surface area contributed by atoms with Gasteiger partial charge in [-0.3, -0.25) is 4.79 Å². The molecule has 0 heterocycles. The van der Waals surface area contributed by atoms with Gasteiger partial charge in [0.15, 0.2) is 0 Å². The molecule has 0 unspecified atom stereocenters. The number of nitrogen functional groups attached to an aromatic ring is 1.